The molecule has 1 fully saturated rings. The number of nitrogens with zero attached hydrogens (tertiary/aromatic N) is 3. The van der Waals surface area contributed by atoms with Crippen molar-refractivity contribution < 1.29 is 4.79 Å². The summed E-state index contributed by atoms with van der Waals surface area (Å²) in [6, 6.07) is 5.39. The van der Waals surface area contributed by atoms with Crippen molar-refractivity contribution in [3.05, 3.63) is 39.8 Å². The van der Waals surface area contributed by atoms with Crippen LogP contribution >= 0.6 is 27.3 Å². The summed E-state index contributed by atoms with van der Waals surface area (Å²) in [5.74, 6) is 0.0213. The van der Waals surface area contributed by atoms with Gasteiger partial charge in [-0.2, -0.15) is 0 Å². The van der Waals surface area contributed by atoms with Crippen LogP contribution in [0.25, 0.3) is 0 Å². The Balaban J connectivity index is 1.69. The summed E-state index contributed by atoms with van der Waals surface area (Å²) < 4.78 is 0.678. The van der Waals surface area contributed by atoms with E-state index in [2.05, 4.69) is 25.8 Å². The molecule has 0 saturated carbocycles. The summed E-state index contributed by atoms with van der Waals surface area (Å²) in [5.41, 5.74) is 7.05. The highest BCUT2D eigenvalue weighted by Crippen LogP contribution is 2.26. The smallest absolute Gasteiger partial charge is 0.255 e. The molecular weight excluding hydrogens is 352 g/mol. The Morgan fingerprint density at radius 3 is 2.71 bits per heavy atom. The Morgan fingerprint density at radius 1 is 1.29 bits per heavy atom. The van der Waals surface area contributed by atoms with Gasteiger partial charge in [0.05, 0.1) is 10.0 Å². The Hall–Kier alpha value is -1.60. The molecule has 2 heterocycles. The highest BCUT2D eigenvalue weighted by molar-refractivity contribution is 9.10. The van der Waals surface area contributed by atoms with Crippen molar-refractivity contribution in [2.24, 2.45) is 0 Å². The van der Waals surface area contributed by atoms with E-state index in [1.165, 1.54) is 0 Å². The second kappa shape index (κ2) is 6.03. The SMILES string of the molecule is Nc1cccc(C(=O)N2CCN(c3nccs3)CC2)c1Br. The average Bonchev–Trinajstić information content (AvgIpc) is 3.04. The third-order valence-electron chi connectivity index (χ3n) is 3.52. The number of nitrogens with two attached hydrogens (primary N) is 1. The maximum Gasteiger partial charge on any atom is 0.255 e. The van der Waals surface area contributed by atoms with Crippen LogP contribution in [0, 0.1) is 0 Å². The van der Waals surface area contributed by atoms with Gasteiger partial charge in [0, 0.05) is 43.4 Å². The minimum absolute atomic E-state index is 0.0213. The molecule has 0 unspecified atom stereocenters. The third kappa shape index (κ3) is 2.89. The first-order chi connectivity index (χ1) is 10.2. The standard InChI is InChI=1S/C14H15BrN4OS/c15-12-10(2-1-3-11(12)16)13(20)18-5-7-19(8-6-18)14-17-4-9-21-14/h1-4,9H,5-8,16H2. The quantitative estimate of drug-likeness (QED) is 0.829. The summed E-state index contributed by atoms with van der Waals surface area (Å²) in [7, 11) is 0. The van der Waals surface area contributed by atoms with E-state index in [0.29, 0.717) is 28.8 Å². The van der Waals surface area contributed by atoms with E-state index in [4.69, 9.17) is 5.73 Å². The van der Waals surface area contributed by atoms with Crippen molar-refractivity contribution in [3.63, 3.8) is 0 Å². The van der Waals surface area contributed by atoms with Gasteiger partial charge in [0.25, 0.3) is 5.91 Å². The topological polar surface area (TPSA) is 62.5 Å². The van der Waals surface area contributed by atoms with E-state index in [0.717, 1.165) is 18.2 Å². The van der Waals surface area contributed by atoms with Gasteiger partial charge in [-0.05, 0) is 28.1 Å². The summed E-state index contributed by atoms with van der Waals surface area (Å²) in [4.78, 5) is 21.0. The largest absolute Gasteiger partial charge is 0.398 e. The number of halogens is 1. The lowest BCUT2D eigenvalue weighted by molar-refractivity contribution is 0.0746. The molecule has 1 aromatic heterocycles. The van der Waals surface area contributed by atoms with Crippen molar-refractivity contribution in [2.45, 2.75) is 0 Å². The molecule has 2 N–H and O–H groups in total. The van der Waals surface area contributed by atoms with Crippen LogP contribution in [0.4, 0.5) is 10.8 Å². The number of carbonyl (C=O) groups excluding carboxylic acids is 1. The summed E-state index contributed by atoms with van der Waals surface area (Å²) in [5, 5.41) is 2.99. The van der Waals surface area contributed by atoms with Gasteiger partial charge in [-0.25, -0.2) is 4.98 Å². The molecule has 1 aliphatic rings. The van der Waals surface area contributed by atoms with Crippen molar-refractivity contribution in [2.75, 3.05) is 36.8 Å². The fourth-order valence-electron chi connectivity index (χ4n) is 2.36. The Morgan fingerprint density at radius 2 is 2.05 bits per heavy atom. The van der Waals surface area contributed by atoms with Crippen molar-refractivity contribution >= 4 is 44.0 Å². The lowest BCUT2D eigenvalue weighted by atomic mass is 10.1. The Labute approximate surface area is 135 Å². The van der Waals surface area contributed by atoms with Gasteiger partial charge >= 0.3 is 0 Å². The third-order valence-corrected chi connectivity index (χ3v) is 5.23. The van der Waals surface area contributed by atoms with Crippen LogP contribution in [0.5, 0.6) is 0 Å². The van der Waals surface area contributed by atoms with E-state index < -0.39 is 0 Å². The van der Waals surface area contributed by atoms with Crippen LogP contribution in [0.3, 0.4) is 0 Å². The van der Waals surface area contributed by atoms with Crippen molar-refractivity contribution in [3.8, 4) is 0 Å². The summed E-state index contributed by atoms with van der Waals surface area (Å²) in [6.07, 6.45) is 1.81. The number of amides is 1. The molecule has 1 saturated heterocycles. The van der Waals surface area contributed by atoms with Gasteiger partial charge in [0.15, 0.2) is 5.13 Å². The molecular formula is C14H15BrN4OS. The first-order valence-electron chi connectivity index (χ1n) is 6.64. The number of benzene rings is 1. The number of anilines is 2. The van der Waals surface area contributed by atoms with Gasteiger partial charge in [0.1, 0.15) is 0 Å². The fourth-order valence-corrected chi connectivity index (χ4v) is 3.49. The molecule has 0 spiro atoms. The van der Waals surface area contributed by atoms with Crippen molar-refractivity contribution in [1.82, 2.24) is 9.88 Å². The van der Waals surface area contributed by atoms with E-state index >= 15 is 0 Å². The number of aromatic nitrogens is 1. The summed E-state index contributed by atoms with van der Waals surface area (Å²) >= 11 is 5.03. The summed E-state index contributed by atoms with van der Waals surface area (Å²) in [6.45, 7) is 3.00. The van der Waals surface area contributed by atoms with Gasteiger partial charge in [0.2, 0.25) is 0 Å². The minimum atomic E-state index is 0.0213. The van der Waals surface area contributed by atoms with Gasteiger partial charge in [-0.3, -0.25) is 4.79 Å². The fraction of sp³-hybridized carbons (Fsp3) is 0.286. The van der Waals surface area contributed by atoms with Crippen LogP contribution in [-0.2, 0) is 0 Å². The molecule has 1 amide bonds. The second-order valence-electron chi connectivity index (χ2n) is 4.80. The molecule has 7 heteroatoms. The molecule has 1 aromatic carbocycles. The van der Waals surface area contributed by atoms with Gasteiger partial charge < -0.3 is 15.5 Å². The normalized spacial score (nSPS) is 15.3. The Bertz CT molecular complexity index is 638. The average molecular weight is 367 g/mol. The molecule has 0 atom stereocenters. The molecule has 0 bridgehead atoms. The molecule has 0 radical (unpaired) electrons. The van der Waals surface area contributed by atoms with Crippen molar-refractivity contribution in [1.29, 1.82) is 0 Å². The highest BCUT2D eigenvalue weighted by Gasteiger charge is 2.24. The zero-order valence-corrected chi connectivity index (χ0v) is 13.7. The number of carbonyl (C=O) groups is 1. The molecule has 110 valence electrons. The lowest BCUT2D eigenvalue weighted by Crippen LogP contribution is -2.48. The number of piperazine rings is 1. The van der Waals surface area contributed by atoms with Gasteiger partial charge in [-0.1, -0.05) is 6.07 Å². The Kier molecular flexibility index (Phi) is 4.12. The maximum absolute atomic E-state index is 12.6. The van der Waals surface area contributed by atoms with Crippen LogP contribution in [0.2, 0.25) is 0 Å². The van der Waals surface area contributed by atoms with Crippen LogP contribution in [-0.4, -0.2) is 42.0 Å². The van der Waals surface area contributed by atoms with E-state index in [9.17, 15) is 4.79 Å². The molecule has 21 heavy (non-hydrogen) atoms. The predicted octanol–water partition coefficient (Wildman–Crippen LogP) is 2.45. The number of hydrogen-bond acceptors (Lipinski definition) is 5. The first kappa shape index (κ1) is 14.3. The first-order valence-corrected chi connectivity index (χ1v) is 8.32. The zero-order valence-electron chi connectivity index (χ0n) is 11.3. The molecule has 0 aliphatic carbocycles. The maximum atomic E-state index is 12.6. The monoisotopic (exact) mass is 366 g/mol. The predicted molar refractivity (Wildman–Crippen MR) is 88.8 cm³/mol. The highest BCUT2D eigenvalue weighted by atomic mass is 79.9. The van der Waals surface area contributed by atoms with Gasteiger partial charge in [-0.15, -0.1) is 11.3 Å². The van der Waals surface area contributed by atoms with E-state index in [-0.39, 0.29) is 5.91 Å². The molecule has 1 aliphatic heterocycles. The van der Waals surface area contributed by atoms with Crippen LogP contribution < -0.4 is 10.6 Å². The number of hydrogen-bond donors (Lipinski definition) is 1. The number of rotatable bonds is 2. The lowest BCUT2D eigenvalue weighted by Gasteiger charge is -2.34. The van der Waals surface area contributed by atoms with E-state index in [1.54, 1.807) is 35.7 Å². The molecule has 5 nitrogen and oxygen atoms in total. The second-order valence-corrected chi connectivity index (χ2v) is 6.47. The zero-order chi connectivity index (χ0) is 14.8. The molecule has 3 rings (SSSR count). The van der Waals surface area contributed by atoms with Crippen LogP contribution in [0.15, 0.2) is 34.2 Å². The van der Waals surface area contributed by atoms with Crippen LogP contribution in [0.1, 0.15) is 10.4 Å². The minimum Gasteiger partial charge on any atom is -0.398 e. The number of thiazole rings is 1. The number of nitrogen functional groups attached to an aromatic ring is 1. The van der Waals surface area contributed by atoms with E-state index in [1.807, 2.05) is 10.3 Å². The molecule has 2 aromatic rings.